The molecule has 0 spiro atoms. The van der Waals surface area contributed by atoms with E-state index in [1.54, 1.807) is 20.8 Å². The Balaban J connectivity index is 2.12. The number of nitrogens with one attached hydrogen (secondary N) is 1. The zero-order valence-electron chi connectivity index (χ0n) is 12.0. The van der Waals surface area contributed by atoms with Crippen molar-refractivity contribution < 1.29 is 22.5 Å². The maximum atomic E-state index is 12.3. The lowest BCUT2D eigenvalue weighted by molar-refractivity contribution is 0.276. The summed E-state index contributed by atoms with van der Waals surface area (Å²) in [5.41, 5.74) is 0.272. The number of hydrogen-bond acceptors (Lipinski definition) is 7. The molecule has 0 atom stereocenters. The van der Waals surface area contributed by atoms with Crippen LogP contribution >= 0.6 is 0 Å². The molecule has 0 amide bonds. The Kier molecular flexibility index (Phi) is 4.45. The number of aliphatic hydroxyl groups excluding tert-OH is 1. The summed E-state index contributed by atoms with van der Waals surface area (Å²) < 4.78 is 37.2. The number of aliphatic hydroxyl groups is 1. The molecule has 0 saturated carbocycles. The van der Waals surface area contributed by atoms with Gasteiger partial charge in [0.1, 0.15) is 16.4 Å². The Morgan fingerprint density at radius 1 is 1.24 bits per heavy atom. The summed E-state index contributed by atoms with van der Waals surface area (Å²) in [5.74, 6) is 1.50. The van der Waals surface area contributed by atoms with Crippen LogP contribution in [-0.4, -0.2) is 30.2 Å². The van der Waals surface area contributed by atoms with E-state index in [-0.39, 0.29) is 29.2 Å². The fourth-order valence-corrected chi connectivity index (χ4v) is 3.52. The van der Waals surface area contributed by atoms with Crippen LogP contribution in [0.4, 0.5) is 0 Å². The average molecular weight is 315 g/mol. The predicted molar refractivity (Wildman–Crippen MR) is 72.0 cm³/mol. The van der Waals surface area contributed by atoms with Gasteiger partial charge in [-0.05, 0) is 20.8 Å². The monoisotopic (exact) mass is 315 g/mol. The van der Waals surface area contributed by atoms with Crippen molar-refractivity contribution in [3.8, 4) is 0 Å². The highest BCUT2D eigenvalue weighted by atomic mass is 32.2. The van der Waals surface area contributed by atoms with Gasteiger partial charge in [0, 0.05) is 18.5 Å². The van der Waals surface area contributed by atoms with Gasteiger partial charge in [0.15, 0.2) is 5.82 Å². The molecule has 2 aromatic heterocycles. The third-order valence-corrected chi connectivity index (χ3v) is 4.61. The molecule has 0 radical (unpaired) electrons. The Labute approximate surface area is 122 Å². The summed E-state index contributed by atoms with van der Waals surface area (Å²) in [6, 6.07) is 0. The lowest BCUT2D eigenvalue weighted by atomic mass is 10.2. The second kappa shape index (κ2) is 5.96. The van der Waals surface area contributed by atoms with Gasteiger partial charge in [-0.25, -0.2) is 13.1 Å². The number of aryl methyl sites for hydroxylation is 3. The molecule has 21 heavy (non-hydrogen) atoms. The Bertz CT molecular complexity index is 732. The number of furan rings is 1. The first-order valence-corrected chi connectivity index (χ1v) is 7.82. The molecule has 0 aromatic carbocycles. The Morgan fingerprint density at radius 3 is 2.52 bits per heavy atom. The predicted octanol–water partition coefficient (Wildman–Crippen LogP) is 0.601. The SMILES string of the molecule is Cc1noc(CCNS(=O)(=O)c2c(C)oc(C)c2CO)n1. The molecule has 0 unspecified atom stereocenters. The van der Waals surface area contributed by atoms with Gasteiger partial charge in [-0.2, -0.15) is 4.98 Å². The van der Waals surface area contributed by atoms with Crippen molar-refractivity contribution in [3.05, 3.63) is 28.8 Å². The summed E-state index contributed by atoms with van der Waals surface area (Å²) in [5, 5.41) is 12.9. The van der Waals surface area contributed by atoms with Crippen molar-refractivity contribution in [2.24, 2.45) is 0 Å². The third-order valence-electron chi connectivity index (χ3n) is 2.95. The number of aromatic nitrogens is 2. The van der Waals surface area contributed by atoms with Crippen molar-refractivity contribution in [2.75, 3.05) is 6.54 Å². The van der Waals surface area contributed by atoms with E-state index in [4.69, 9.17) is 8.94 Å². The van der Waals surface area contributed by atoms with Gasteiger partial charge in [-0.1, -0.05) is 5.16 Å². The van der Waals surface area contributed by atoms with Crippen LogP contribution in [0, 0.1) is 20.8 Å². The Morgan fingerprint density at radius 2 is 1.95 bits per heavy atom. The van der Waals surface area contributed by atoms with E-state index < -0.39 is 16.6 Å². The second-order valence-corrected chi connectivity index (χ2v) is 6.27. The summed E-state index contributed by atoms with van der Waals surface area (Å²) >= 11 is 0. The minimum atomic E-state index is -3.77. The molecule has 116 valence electrons. The van der Waals surface area contributed by atoms with Crippen LogP contribution in [0.3, 0.4) is 0 Å². The van der Waals surface area contributed by atoms with Gasteiger partial charge in [-0.15, -0.1) is 0 Å². The van der Waals surface area contributed by atoms with E-state index in [9.17, 15) is 13.5 Å². The molecular formula is C12H17N3O5S. The molecule has 8 nitrogen and oxygen atoms in total. The minimum Gasteiger partial charge on any atom is -0.465 e. The van der Waals surface area contributed by atoms with E-state index in [2.05, 4.69) is 14.9 Å². The highest BCUT2D eigenvalue weighted by molar-refractivity contribution is 7.89. The number of rotatable bonds is 6. The van der Waals surface area contributed by atoms with E-state index >= 15 is 0 Å². The van der Waals surface area contributed by atoms with Crippen LogP contribution in [0.1, 0.15) is 28.8 Å². The molecule has 0 aliphatic rings. The maximum absolute atomic E-state index is 12.3. The fourth-order valence-electron chi connectivity index (χ4n) is 2.05. The highest BCUT2D eigenvalue weighted by Gasteiger charge is 2.26. The standard InChI is InChI=1S/C12H17N3O5S/c1-7-10(6-16)12(8(2)19-7)21(17,18)13-5-4-11-14-9(3)15-20-11/h13,16H,4-6H2,1-3H3. The first-order chi connectivity index (χ1) is 9.85. The molecule has 0 saturated heterocycles. The molecule has 2 heterocycles. The summed E-state index contributed by atoms with van der Waals surface area (Å²) in [6.07, 6.45) is 0.282. The number of nitrogens with zero attached hydrogens (tertiary/aromatic N) is 2. The van der Waals surface area contributed by atoms with E-state index in [1.165, 1.54) is 0 Å². The van der Waals surface area contributed by atoms with Gasteiger partial charge in [-0.3, -0.25) is 0 Å². The van der Waals surface area contributed by atoms with E-state index in [1.807, 2.05) is 0 Å². The van der Waals surface area contributed by atoms with Crippen LogP contribution in [0.5, 0.6) is 0 Å². The number of hydrogen-bond donors (Lipinski definition) is 2. The van der Waals surface area contributed by atoms with Crippen molar-refractivity contribution in [2.45, 2.75) is 38.7 Å². The first-order valence-electron chi connectivity index (χ1n) is 6.33. The van der Waals surface area contributed by atoms with Crippen molar-refractivity contribution in [1.29, 1.82) is 0 Å². The lowest BCUT2D eigenvalue weighted by Crippen LogP contribution is -2.27. The van der Waals surface area contributed by atoms with Gasteiger partial charge >= 0.3 is 0 Å². The summed E-state index contributed by atoms with van der Waals surface area (Å²) in [4.78, 5) is 3.98. The van der Waals surface area contributed by atoms with Gasteiger partial charge in [0.05, 0.1) is 6.61 Å². The van der Waals surface area contributed by atoms with Crippen LogP contribution in [0.25, 0.3) is 0 Å². The van der Waals surface area contributed by atoms with Crippen LogP contribution in [-0.2, 0) is 23.1 Å². The number of sulfonamides is 1. The Hall–Kier alpha value is -1.71. The summed E-state index contributed by atoms with van der Waals surface area (Å²) in [7, 11) is -3.77. The van der Waals surface area contributed by atoms with Crippen molar-refractivity contribution in [1.82, 2.24) is 14.9 Å². The van der Waals surface area contributed by atoms with E-state index in [0.29, 0.717) is 17.5 Å². The first kappa shape index (κ1) is 15.7. The lowest BCUT2D eigenvalue weighted by Gasteiger charge is -2.06. The smallest absolute Gasteiger partial charge is 0.244 e. The quantitative estimate of drug-likeness (QED) is 0.801. The van der Waals surface area contributed by atoms with Gasteiger partial charge in [0.2, 0.25) is 15.9 Å². The molecule has 2 N–H and O–H groups in total. The largest absolute Gasteiger partial charge is 0.465 e. The van der Waals surface area contributed by atoms with Crippen LogP contribution < -0.4 is 4.72 Å². The molecule has 0 aliphatic heterocycles. The molecule has 9 heteroatoms. The van der Waals surface area contributed by atoms with Crippen LogP contribution in [0.15, 0.2) is 13.8 Å². The maximum Gasteiger partial charge on any atom is 0.244 e. The van der Waals surface area contributed by atoms with Crippen LogP contribution in [0.2, 0.25) is 0 Å². The molecule has 2 aromatic rings. The molecule has 0 aliphatic carbocycles. The van der Waals surface area contributed by atoms with Gasteiger partial charge < -0.3 is 14.0 Å². The minimum absolute atomic E-state index is 0.00999. The topological polar surface area (TPSA) is 118 Å². The molecular weight excluding hydrogens is 298 g/mol. The molecule has 2 rings (SSSR count). The third kappa shape index (κ3) is 3.31. The molecule has 0 fully saturated rings. The zero-order chi connectivity index (χ0) is 15.6. The van der Waals surface area contributed by atoms with Gasteiger partial charge in [0.25, 0.3) is 0 Å². The van der Waals surface area contributed by atoms with Crippen molar-refractivity contribution in [3.63, 3.8) is 0 Å². The fraction of sp³-hybridized carbons (Fsp3) is 0.500. The second-order valence-electron chi connectivity index (χ2n) is 4.56. The highest BCUT2D eigenvalue weighted by Crippen LogP contribution is 2.26. The van der Waals surface area contributed by atoms with E-state index in [0.717, 1.165) is 0 Å². The average Bonchev–Trinajstić information content (AvgIpc) is 2.92. The van der Waals surface area contributed by atoms with Crippen molar-refractivity contribution >= 4 is 10.0 Å². The normalized spacial score (nSPS) is 12.0. The zero-order valence-corrected chi connectivity index (χ0v) is 12.8. The molecule has 0 bridgehead atoms. The summed E-state index contributed by atoms with van der Waals surface area (Å²) in [6.45, 7) is 4.55.